The van der Waals surface area contributed by atoms with Crippen molar-refractivity contribution in [2.24, 2.45) is 5.73 Å². The molecule has 4 N–H and O–H groups in total. The number of carbonyl (C=O) groups is 1. The van der Waals surface area contributed by atoms with E-state index in [4.69, 9.17) is 11.0 Å². The van der Waals surface area contributed by atoms with Gasteiger partial charge in [0, 0.05) is 49.7 Å². The molecule has 8 nitrogen and oxygen atoms in total. The smallest absolute Gasteiger partial charge is 0.250 e. The van der Waals surface area contributed by atoms with Gasteiger partial charge in [-0.25, -0.2) is 17.1 Å². The number of nitrogens with zero attached hydrogens (tertiary/aromatic N) is 2. The second-order valence-electron chi connectivity index (χ2n) is 9.03. The SMILES string of the molecule is CCS(=O)(=O)N1CCC(c2c[nH]c3c(C(N)=O)cc(-c4cc(CNCCC#N)ccc4F)cc23)CC1. The van der Waals surface area contributed by atoms with Gasteiger partial charge in [-0.1, -0.05) is 6.07 Å². The Morgan fingerprint density at radius 1 is 1.28 bits per heavy atom. The van der Waals surface area contributed by atoms with E-state index in [1.165, 1.54) is 10.4 Å². The molecule has 1 aliphatic rings. The van der Waals surface area contributed by atoms with Gasteiger partial charge in [0.05, 0.1) is 22.9 Å². The molecule has 190 valence electrons. The molecule has 1 fully saturated rings. The molecular weight excluding hydrogens is 481 g/mol. The molecule has 0 radical (unpaired) electrons. The third-order valence-corrected chi connectivity index (χ3v) is 8.70. The number of primary amides is 1. The van der Waals surface area contributed by atoms with Crippen molar-refractivity contribution >= 4 is 26.8 Å². The lowest BCUT2D eigenvalue weighted by atomic mass is 9.88. The van der Waals surface area contributed by atoms with E-state index in [1.807, 2.05) is 12.3 Å². The van der Waals surface area contributed by atoms with Crippen LogP contribution in [0.25, 0.3) is 22.0 Å². The maximum absolute atomic E-state index is 15.0. The molecule has 0 saturated carbocycles. The number of aromatic nitrogens is 1. The summed E-state index contributed by atoms with van der Waals surface area (Å²) in [5.41, 5.74) is 9.29. The van der Waals surface area contributed by atoms with Crippen molar-refractivity contribution in [3.63, 3.8) is 0 Å². The number of H-pyrrole nitrogens is 1. The highest BCUT2D eigenvalue weighted by Crippen LogP contribution is 2.37. The molecule has 1 aromatic heterocycles. The van der Waals surface area contributed by atoms with E-state index >= 15 is 0 Å². The Morgan fingerprint density at radius 3 is 2.69 bits per heavy atom. The number of hydrogen-bond acceptors (Lipinski definition) is 5. The topological polar surface area (TPSA) is 132 Å². The van der Waals surface area contributed by atoms with E-state index < -0.39 is 21.7 Å². The van der Waals surface area contributed by atoms with Crippen LogP contribution in [0.2, 0.25) is 0 Å². The van der Waals surface area contributed by atoms with Crippen LogP contribution in [0.5, 0.6) is 0 Å². The lowest BCUT2D eigenvalue weighted by Gasteiger charge is -2.31. The van der Waals surface area contributed by atoms with Gasteiger partial charge >= 0.3 is 0 Å². The molecule has 1 aliphatic heterocycles. The van der Waals surface area contributed by atoms with E-state index in [9.17, 15) is 17.6 Å². The number of carbonyl (C=O) groups excluding carboxylic acids is 1. The van der Waals surface area contributed by atoms with Gasteiger partial charge in [-0.2, -0.15) is 5.26 Å². The number of sulfonamides is 1. The summed E-state index contributed by atoms with van der Waals surface area (Å²) in [6.07, 6.45) is 3.54. The van der Waals surface area contributed by atoms with Crippen LogP contribution in [-0.4, -0.2) is 49.0 Å². The first-order valence-electron chi connectivity index (χ1n) is 12.0. The summed E-state index contributed by atoms with van der Waals surface area (Å²) < 4.78 is 41.0. The molecule has 10 heteroatoms. The number of nitrogens with two attached hydrogens (primary N) is 1. The maximum Gasteiger partial charge on any atom is 0.250 e. The first kappa shape index (κ1) is 25.8. The largest absolute Gasteiger partial charge is 0.366 e. The summed E-state index contributed by atoms with van der Waals surface area (Å²) in [4.78, 5) is 15.5. The average molecular weight is 512 g/mol. The minimum atomic E-state index is -3.23. The number of hydrogen-bond donors (Lipinski definition) is 3. The Morgan fingerprint density at radius 2 is 2.03 bits per heavy atom. The number of amides is 1. The molecule has 36 heavy (non-hydrogen) atoms. The number of rotatable bonds is 9. The predicted molar refractivity (Wildman–Crippen MR) is 137 cm³/mol. The summed E-state index contributed by atoms with van der Waals surface area (Å²) in [7, 11) is -3.23. The van der Waals surface area contributed by atoms with Crippen LogP contribution in [0.1, 0.15) is 53.6 Å². The average Bonchev–Trinajstić information content (AvgIpc) is 3.31. The van der Waals surface area contributed by atoms with Gasteiger partial charge in [0.15, 0.2) is 0 Å². The number of benzene rings is 2. The summed E-state index contributed by atoms with van der Waals surface area (Å²) >= 11 is 0. The molecule has 0 unspecified atom stereocenters. The molecule has 1 saturated heterocycles. The van der Waals surface area contributed by atoms with Gasteiger partial charge in [0.25, 0.3) is 5.91 Å². The van der Waals surface area contributed by atoms with E-state index in [0.29, 0.717) is 62.1 Å². The van der Waals surface area contributed by atoms with E-state index in [0.717, 1.165) is 16.5 Å². The zero-order chi connectivity index (χ0) is 25.9. The van der Waals surface area contributed by atoms with Crippen LogP contribution in [0, 0.1) is 17.1 Å². The van der Waals surface area contributed by atoms with Crippen molar-refractivity contribution in [1.82, 2.24) is 14.6 Å². The first-order valence-corrected chi connectivity index (χ1v) is 13.6. The van der Waals surface area contributed by atoms with Crippen molar-refractivity contribution in [3.05, 3.63) is 59.0 Å². The van der Waals surface area contributed by atoms with Gasteiger partial charge in [0.2, 0.25) is 10.0 Å². The quantitative estimate of drug-likeness (QED) is 0.378. The van der Waals surface area contributed by atoms with E-state index in [1.54, 1.807) is 25.1 Å². The second kappa shape index (κ2) is 10.8. The van der Waals surface area contributed by atoms with Gasteiger partial charge in [-0.15, -0.1) is 0 Å². The Hall–Kier alpha value is -3.26. The second-order valence-corrected chi connectivity index (χ2v) is 11.3. The molecule has 0 atom stereocenters. The Bertz CT molecular complexity index is 1420. The molecular formula is C26H30FN5O3S. The summed E-state index contributed by atoms with van der Waals surface area (Å²) in [5, 5.41) is 12.6. The zero-order valence-corrected chi connectivity index (χ0v) is 21.0. The third-order valence-electron chi connectivity index (χ3n) is 6.82. The Balaban J connectivity index is 1.70. The van der Waals surface area contributed by atoms with Crippen molar-refractivity contribution in [2.75, 3.05) is 25.4 Å². The summed E-state index contributed by atoms with van der Waals surface area (Å²) in [6.45, 7) is 3.53. The fourth-order valence-electron chi connectivity index (χ4n) is 4.85. The third kappa shape index (κ3) is 5.28. The summed E-state index contributed by atoms with van der Waals surface area (Å²) in [6, 6.07) is 10.4. The standard InChI is InChI=1S/C26H30FN5O3S/c1-2-36(34,35)32-10-6-18(7-11-32)23-16-31-25-21(23)13-19(14-22(25)26(29)33)20-12-17(4-5-24(20)27)15-30-9-3-8-28/h4-5,12-14,16,18,30-31H,2-3,6-7,9-11,15H2,1H3,(H2,29,33). The number of aromatic amines is 1. The van der Waals surface area contributed by atoms with Gasteiger partial charge < -0.3 is 16.0 Å². The van der Waals surface area contributed by atoms with Crippen LogP contribution in [0.15, 0.2) is 36.5 Å². The molecule has 2 heterocycles. The zero-order valence-electron chi connectivity index (χ0n) is 20.2. The number of nitrogens with one attached hydrogen (secondary N) is 2. The Kier molecular flexibility index (Phi) is 7.73. The lowest BCUT2D eigenvalue weighted by Crippen LogP contribution is -2.38. The number of nitriles is 1. The van der Waals surface area contributed by atoms with Crippen molar-refractivity contribution < 1.29 is 17.6 Å². The fourth-order valence-corrected chi connectivity index (χ4v) is 5.98. The Labute approximate surface area is 210 Å². The fraction of sp³-hybridized carbons (Fsp3) is 0.385. The van der Waals surface area contributed by atoms with Gasteiger partial charge in [-0.3, -0.25) is 4.79 Å². The minimum absolute atomic E-state index is 0.0779. The van der Waals surface area contributed by atoms with Gasteiger partial charge in [0.1, 0.15) is 5.82 Å². The maximum atomic E-state index is 15.0. The summed E-state index contributed by atoms with van der Waals surface area (Å²) in [5.74, 6) is -0.859. The molecule has 1 amide bonds. The minimum Gasteiger partial charge on any atom is -0.366 e. The van der Waals surface area contributed by atoms with Crippen LogP contribution in [0.3, 0.4) is 0 Å². The van der Waals surface area contributed by atoms with Crippen molar-refractivity contribution in [1.29, 1.82) is 5.26 Å². The monoisotopic (exact) mass is 511 g/mol. The molecule has 0 bridgehead atoms. The first-order chi connectivity index (χ1) is 17.2. The highest BCUT2D eigenvalue weighted by molar-refractivity contribution is 7.89. The van der Waals surface area contributed by atoms with E-state index in [2.05, 4.69) is 16.4 Å². The normalized spacial score (nSPS) is 15.2. The van der Waals surface area contributed by atoms with Crippen LogP contribution in [-0.2, 0) is 16.6 Å². The molecule has 0 spiro atoms. The van der Waals surface area contributed by atoms with Crippen LogP contribution < -0.4 is 11.1 Å². The van der Waals surface area contributed by atoms with Gasteiger partial charge in [-0.05, 0) is 66.6 Å². The highest BCUT2D eigenvalue weighted by Gasteiger charge is 2.29. The van der Waals surface area contributed by atoms with Crippen LogP contribution >= 0.6 is 0 Å². The number of halogens is 1. The number of fused-ring (bicyclic) bond motifs is 1. The molecule has 4 rings (SSSR count). The van der Waals surface area contributed by atoms with E-state index in [-0.39, 0.29) is 17.2 Å². The van der Waals surface area contributed by atoms with Crippen LogP contribution in [0.4, 0.5) is 4.39 Å². The van der Waals surface area contributed by atoms with Crippen molar-refractivity contribution in [2.45, 2.75) is 38.6 Å². The van der Waals surface area contributed by atoms with Crippen molar-refractivity contribution in [3.8, 4) is 17.2 Å². The molecule has 3 aromatic rings. The molecule has 2 aromatic carbocycles. The highest BCUT2D eigenvalue weighted by atomic mass is 32.2. The predicted octanol–water partition coefficient (Wildman–Crippen LogP) is 3.61. The molecule has 0 aliphatic carbocycles. The number of piperidine rings is 1. The lowest BCUT2D eigenvalue weighted by molar-refractivity contribution is 0.100.